The Balaban J connectivity index is 2.22. The highest BCUT2D eigenvalue weighted by atomic mass is 16.5. The predicted octanol–water partition coefficient (Wildman–Crippen LogP) is 4.24. The van der Waals surface area contributed by atoms with E-state index in [1.165, 1.54) is 31.2 Å². The van der Waals surface area contributed by atoms with E-state index >= 15 is 0 Å². The molecule has 0 amide bonds. The van der Waals surface area contributed by atoms with Crippen molar-refractivity contribution < 1.29 is 4.74 Å². The first kappa shape index (κ1) is 14.1. The van der Waals surface area contributed by atoms with E-state index in [-0.39, 0.29) is 0 Å². The van der Waals surface area contributed by atoms with Crippen LogP contribution < -0.4 is 10.1 Å². The smallest absolute Gasteiger partial charge is 0.119 e. The van der Waals surface area contributed by atoms with Crippen LogP contribution in [0.1, 0.15) is 51.1 Å². The minimum atomic E-state index is 0.353. The number of nitrogens with one attached hydrogen (secondary N) is 1. The molecule has 0 aliphatic heterocycles. The molecule has 0 bridgehead atoms. The van der Waals surface area contributed by atoms with Crippen LogP contribution in [0.2, 0.25) is 0 Å². The first-order chi connectivity index (χ1) is 9.35. The Hall–Kier alpha value is -1.28. The second-order valence-electron chi connectivity index (χ2n) is 5.02. The summed E-state index contributed by atoms with van der Waals surface area (Å²) in [6.07, 6.45) is 7.52. The molecule has 0 fully saturated rings. The van der Waals surface area contributed by atoms with E-state index in [1.54, 1.807) is 5.57 Å². The van der Waals surface area contributed by atoms with Gasteiger partial charge in [0.05, 0.1) is 12.6 Å². The standard InChI is InChI=1S/C17H25NO/c1-3-18-17(14-9-6-5-7-10-14)15-11-8-12-16(13-15)19-4-2/h8-9,11-13,17-18H,3-7,10H2,1-2H3. The van der Waals surface area contributed by atoms with E-state index in [2.05, 4.69) is 36.5 Å². The van der Waals surface area contributed by atoms with Crippen molar-refractivity contribution in [1.29, 1.82) is 0 Å². The van der Waals surface area contributed by atoms with Crippen molar-refractivity contribution in [2.75, 3.05) is 13.2 Å². The van der Waals surface area contributed by atoms with E-state index in [4.69, 9.17) is 4.74 Å². The molecule has 1 N–H and O–H groups in total. The van der Waals surface area contributed by atoms with Crippen molar-refractivity contribution in [3.05, 3.63) is 41.5 Å². The fourth-order valence-corrected chi connectivity index (χ4v) is 2.74. The molecule has 2 nitrogen and oxygen atoms in total. The van der Waals surface area contributed by atoms with Crippen molar-refractivity contribution in [3.63, 3.8) is 0 Å². The molecule has 0 aromatic heterocycles. The summed E-state index contributed by atoms with van der Waals surface area (Å²) in [5.74, 6) is 0.972. The van der Waals surface area contributed by atoms with E-state index in [9.17, 15) is 0 Å². The molecule has 2 heteroatoms. The number of allylic oxidation sites excluding steroid dienone is 1. The quantitative estimate of drug-likeness (QED) is 0.772. The largest absolute Gasteiger partial charge is 0.494 e. The van der Waals surface area contributed by atoms with Crippen LogP contribution in [0, 0.1) is 0 Å². The van der Waals surface area contributed by atoms with Gasteiger partial charge in [-0.3, -0.25) is 0 Å². The van der Waals surface area contributed by atoms with Gasteiger partial charge in [0.15, 0.2) is 0 Å². The maximum atomic E-state index is 5.61. The van der Waals surface area contributed by atoms with Gasteiger partial charge in [0.1, 0.15) is 5.75 Å². The molecule has 19 heavy (non-hydrogen) atoms. The van der Waals surface area contributed by atoms with Gasteiger partial charge in [-0.1, -0.05) is 30.7 Å². The molecule has 0 radical (unpaired) electrons. The highest BCUT2D eigenvalue weighted by Gasteiger charge is 2.17. The van der Waals surface area contributed by atoms with Gasteiger partial charge in [-0.05, 0) is 56.8 Å². The fourth-order valence-electron chi connectivity index (χ4n) is 2.74. The van der Waals surface area contributed by atoms with Crippen molar-refractivity contribution in [1.82, 2.24) is 5.32 Å². The van der Waals surface area contributed by atoms with Gasteiger partial charge in [-0.2, -0.15) is 0 Å². The Morgan fingerprint density at radius 1 is 1.26 bits per heavy atom. The molecular weight excluding hydrogens is 234 g/mol. The molecule has 0 saturated carbocycles. The minimum Gasteiger partial charge on any atom is -0.494 e. The van der Waals surface area contributed by atoms with E-state index in [0.29, 0.717) is 6.04 Å². The molecule has 1 aliphatic rings. The number of benzene rings is 1. The lowest BCUT2D eigenvalue weighted by Gasteiger charge is -2.25. The topological polar surface area (TPSA) is 21.3 Å². The van der Waals surface area contributed by atoms with E-state index < -0.39 is 0 Å². The Kier molecular flexibility index (Phi) is 5.46. The molecule has 1 aliphatic carbocycles. The summed E-state index contributed by atoms with van der Waals surface area (Å²) in [4.78, 5) is 0. The van der Waals surface area contributed by atoms with Crippen molar-refractivity contribution >= 4 is 0 Å². The molecule has 1 aromatic carbocycles. The van der Waals surface area contributed by atoms with Gasteiger partial charge >= 0.3 is 0 Å². The third-order valence-electron chi connectivity index (χ3n) is 3.61. The van der Waals surface area contributed by atoms with Crippen LogP contribution in [0.4, 0.5) is 0 Å². The molecular formula is C17H25NO. The average molecular weight is 259 g/mol. The van der Waals surface area contributed by atoms with Crippen LogP contribution in [0.15, 0.2) is 35.9 Å². The molecule has 0 saturated heterocycles. The predicted molar refractivity (Wildman–Crippen MR) is 80.6 cm³/mol. The molecule has 0 spiro atoms. The molecule has 0 heterocycles. The summed E-state index contributed by atoms with van der Waals surface area (Å²) in [6, 6.07) is 8.85. The van der Waals surface area contributed by atoms with Gasteiger partial charge in [0, 0.05) is 0 Å². The van der Waals surface area contributed by atoms with Crippen LogP contribution in [-0.4, -0.2) is 13.2 Å². The Bertz CT molecular complexity index is 425. The van der Waals surface area contributed by atoms with E-state index in [1.807, 2.05) is 13.0 Å². The number of ether oxygens (including phenoxy) is 1. The van der Waals surface area contributed by atoms with Crippen molar-refractivity contribution in [3.8, 4) is 5.75 Å². The molecule has 1 unspecified atom stereocenters. The van der Waals surface area contributed by atoms with Crippen LogP contribution in [0.25, 0.3) is 0 Å². The van der Waals surface area contributed by atoms with Gasteiger partial charge in [0.25, 0.3) is 0 Å². The first-order valence-corrected chi connectivity index (χ1v) is 7.50. The normalized spacial score (nSPS) is 16.8. The second-order valence-corrected chi connectivity index (χ2v) is 5.02. The van der Waals surface area contributed by atoms with Crippen LogP contribution in [0.3, 0.4) is 0 Å². The zero-order chi connectivity index (χ0) is 13.5. The molecule has 2 rings (SSSR count). The lowest BCUT2D eigenvalue weighted by molar-refractivity contribution is 0.339. The number of hydrogen-bond acceptors (Lipinski definition) is 2. The van der Waals surface area contributed by atoms with Gasteiger partial charge in [-0.25, -0.2) is 0 Å². The lowest BCUT2D eigenvalue weighted by Crippen LogP contribution is -2.23. The second kappa shape index (κ2) is 7.34. The molecule has 1 atom stereocenters. The summed E-state index contributed by atoms with van der Waals surface area (Å²) >= 11 is 0. The molecule has 104 valence electrons. The fraction of sp³-hybridized carbons (Fsp3) is 0.529. The zero-order valence-electron chi connectivity index (χ0n) is 12.1. The average Bonchev–Trinajstić information content (AvgIpc) is 2.46. The highest BCUT2D eigenvalue weighted by Crippen LogP contribution is 2.31. The summed E-state index contributed by atoms with van der Waals surface area (Å²) in [5.41, 5.74) is 2.86. The summed E-state index contributed by atoms with van der Waals surface area (Å²) in [6.45, 7) is 5.90. The van der Waals surface area contributed by atoms with E-state index in [0.717, 1.165) is 18.9 Å². The van der Waals surface area contributed by atoms with Crippen molar-refractivity contribution in [2.24, 2.45) is 0 Å². The van der Waals surface area contributed by atoms with Crippen LogP contribution in [0.5, 0.6) is 5.75 Å². The SMILES string of the molecule is CCNC(C1=CCCCC1)c1cccc(OCC)c1. The molecule has 1 aromatic rings. The number of rotatable bonds is 6. The monoisotopic (exact) mass is 259 g/mol. The van der Waals surface area contributed by atoms with Crippen LogP contribution in [-0.2, 0) is 0 Å². The van der Waals surface area contributed by atoms with Gasteiger partial charge in [-0.15, -0.1) is 0 Å². The van der Waals surface area contributed by atoms with Crippen molar-refractivity contribution in [2.45, 2.75) is 45.6 Å². The highest BCUT2D eigenvalue weighted by molar-refractivity contribution is 5.35. The first-order valence-electron chi connectivity index (χ1n) is 7.50. The maximum Gasteiger partial charge on any atom is 0.119 e. The lowest BCUT2D eigenvalue weighted by atomic mass is 9.89. The maximum absolute atomic E-state index is 5.61. The Labute approximate surface area is 116 Å². The zero-order valence-corrected chi connectivity index (χ0v) is 12.1. The summed E-state index contributed by atoms with van der Waals surface area (Å²) in [7, 11) is 0. The third kappa shape index (κ3) is 3.84. The van der Waals surface area contributed by atoms with Crippen LogP contribution >= 0.6 is 0 Å². The Morgan fingerprint density at radius 2 is 2.16 bits per heavy atom. The number of hydrogen-bond donors (Lipinski definition) is 1. The minimum absolute atomic E-state index is 0.353. The Morgan fingerprint density at radius 3 is 2.84 bits per heavy atom. The summed E-state index contributed by atoms with van der Waals surface area (Å²) < 4.78 is 5.61. The van der Waals surface area contributed by atoms with Gasteiger partial charge < -0.3 is 10.1 Å². The summed E-state index contributed by atoms with van der Waals surface area (Å²) in [5, 5.41) is 3.61. The number of likely N-dealkylation sites (N-methyl/N-ethyl adjacent to an activating group) is 1. The van der Waals surface area contributed by atoms with Gasteiger partial charge in [0.2, 0.25) is 0 Å². The third-order valence-corrected chi connectivity index (χ3v) is 3.61.